The van der Waals surface area contributed by atoms with Gasteiger partial charge >= 0.3 is 0 Å². The lowest BCUT2D eigenvalue weighted by atomic mass is 10.1. The first kappa shape index (κ1) is 45.8. The number of aryl methyl sites for hydroxylation is 4. The zero-order chi connectivity index (χ0) is 44.9. The van der Waals surface area contributed by atoms with E-state index in [0.717, 1.165) is 33.5 Å². The smallest absolute Gasteiger partial charge is 0.294 e. The molecule has 62 heavy (non-hydrogen) atoms. The van der Waals surface area contributed by atoms with Gasteiger partial charge in [-0.1, -0.05) is 47.5 Å². The summed E-state index contributed by atoms with van der Waals surface area (Å²) >= 11 is 0. The third kappa shape index (κ3) is 13.9. The van der Waals surface area contributed by atoms with Gasteiger partial charge in [0.1, 0.15) is 11.0 Å². The summed E-state index contributed by atoms with van der Waals surface area (Å²) in [5, 5.41) is 5.76. The van der Waals surface area contributed by atoms with E-state index >= 15 is 0 Å². The Bertz CT molecular complexity index is 2800. The summed E-state index contributed by atoms with van der Waals surface area (Å²) < 4.78 is 63.0. The van der Waals surface area contributed by atoms with E-state index < -0.39 is 20.2 Å². The van der Waals surface area contributed by atoms with Gasteiger partial charge < -0.3 is 19.8 Å². The Morgan fingerprint density at radius 2 is 0.790 bits per heavy atom. The molecule has 7 rings (SSSR count). The molecule has 7 aromatic rings. The summed E-state index contributed by atoms with van der Waals surface area (Å²) in [6, 6.07) is 44.7. The summed E-state index contributed by atoms with van der Waals surface area (Å²) in [6.07, 6.45) is 3.87. The van der Waals surface area contributed by atoms with Crippen molar-refractivity contribution in [2.45, 2.75) is 23.6 Å². The van der Waals surface area contributed by atoms with Crippen LogP contribution < -0.4 is 21.6 Å². The van der Waals surface area contributed by atoms with Crippen LogP contribution in [-0.2, 0) is 34.3 Å². The maximum absolute atomic E-state index is 12.7. The van der Waals surface area contributed by atoms with Crippen molar-refractivity contribution in [2.24, 2.45) is 24.1 Å². The Hall–Kier alpha value is -7.24. The molecule has 0 aliphatic carbocycles. The Morgan fingerprint density at radius 1 is 0.468 bits per heavy atom. The second-order valence-corrected chi connectivity index (χ2v) is 16.6. The van der Waals surface area contributed by atoms with Gasteiger partial charge in [-0.3, -0.25) is 18.7 Å². The average Bonchev–Trinajstić information content (AvgIpc) is 3.24. The minimum atomic E-state index is -4.02. The highest BCUT2D eigenvalue weighted by atomic mass is 32.2. The van der Waals surface area contributed by atoms with Crippen molar-refractivity contribution in [2.75, 3.05) is 10.6 Å². The van der Waals surface area contributed by atoms with Gasteiger partial charge in [0, 0.05) is 49.0 Å². The third-order valence-electron chi connectivity index (χ3n) is 8.84. The maximum Gasteiger partial charge on any atom is 0.294 e. The Kier molecular flexibility index (Phi) is 15.4. The van der Waals surface area contributed by atoms with E-state index in [1.807, 2.05) is 110 Å². The largest absolute Gasteiger partial charge is 0.336 e. The van der Waals surface area contributed by atoms with E-state index in [4.69, 9.17) is 9.11 Å². The molecule has 0 radical (unpaired) electrons. The van der Waals surface area contributed by atoms with E-state index in [0.29, 0.717) is 22.5 Å². The van der Waals surface area contributed by atoms with Crippen molar-refractivity contribution in [3.63, 3.8) is 0 Å². The number of pyridine rings is 2. The van der Waals surface area contributed by atoms with Crippen molar-refractivity contribution >= 4 is 54.8 Å². The molecule has 14 nitrogen and oxygen atoms in total. The highest BCUT2D eigenvalue weighted by Gasteiger charge is 2.11. The number of carbonyl (C=O) groups excluding carboxylic acids is 2. The highest BCUT2D eigenvalue weighted by Crippen LogP contribution is 2.19. The zero-order valence-electron chi connectivity index (χ0n) is 34.1. The van der Waals surface area contributed by atoms with E-state index in [1.54, 1.807) is 72.8 Å². The van der Waals surface area contributed by atoms with Crippen molar-refractivity contribution < 1.29 is 35.5 Å². The van der Waals surface area contributed by atoms with Gasteiger partial charge in [-0.05, 0) is 135 Å². The topological polar surface area (TPSA) is 202 Å². The standard InChI is InChI=1S/C32H28N6O2.2C7H8O3S/c1-37-21-5-3-7-29(37)33-25-13-17-27(18-14-25)35-31(39)23-9-11-24(12-10-23)32(40)36-28-19-15-26(16-20-28)34-30-8-4-6-22-38(30)2;2*1-6-2-4-7(5-3-6)11(8,9)10/h3-22H,1-2H3,(H,35,39)(H,36,40);2*2-5H,1H3,(H,8,9,10). The molecule has 0 aliphatic rings. The van der Waals surface area contributed by atoms with Gasteiger partial charge in [0.05, 0.1) is 21.2 Å². The molecule has 0 saturated heterocycles. The van der Waals surface area contributed by atoms with Crippen LogP contribution >= 0.6 is 0 Å². The summed E-state index contributed by atoms with van der Waals surface area (Å²) in [4.78, 5) is 34.6. The molecule has 0 atom stereocenters. The molecule has 2 aromatic heterocycles. The molecular weight excluding hydrogens is 829 g/mol. The quantitative estimate of drug-likeness (QED) is 0.111. The monoisotopic (exact) mass is 872 g/mol. The normalized spacial score (nSPS) is 11.6. The van der Waals surface area contributed by atoms with Crippen molar-refractivity contribution in [1.82, 2.24) is 9.13 Å². The van der Waals surface area contributed by atoms with E-state index in [-0.39, 0.29) is 21.6 Å². The molecular formula is C46H44N6O8S2. The van der Waals surface area contributed by atoms with Gasteiger partial charge in [-0.15, -0.1) is 0 Å². The lowest BCUT2D eigenvalue weighted by Crippen LogP contribution is -2.15. The van der Waals surface area contributed by atoms with E-state index in [9.17, 15) is 26.4 Å². The predicted molar refractivity (Wildman–Crippen MR) is 238 cm³/mol. The molecule has 0 bridgehead atoms. The fourth-order valence-electron chi connectivity index (χ4n) is 5.36. The van der Waals surface area contributed by atoms with Crippen molar-refractivity contribution in [3.05, 3.63) is 203 Å². The van der Waals surface area contributed by atoms with Gasteiger partial charge in [-0.25, -0.2) is 9.98 Å². The number of nitrogens with zero attached hydrogens (tertiary/aromatic N) is 4. The van der Waals surface area contributed by atoms with Gasteiger partial charge in [0.25, 0.3) is 32.1 Å². The first-order chi connectivity index (χ1) is 29.4. The number of amides is 2. The van der Waals surface area contributed by atoms with Crippen LogP contribution in [0.4, 0.5) is 22.7 Å². The molecule has 16 heteroatoms. The fraction of sp³-hybridized carbons (Fsp3) is 0.0870. The molecule has 2 heterocycles. The number of carbonyl (C=O) groups is 2. The Labute approximate surface area is 359 Å². The van der Waals surface area contributed by atoms with Crippen molar-refractivity contribution in [1.29, 1.82) is 0 Å². The Morgan fingerprint density at radius 3 is 1.08 bits per heavy atom. The average molecular weight is 873 g/mol. The Balaban J connectivity index is 0.000000267. The van der Waals surface area contributed by atoms with E-state index in [1.165, 1.54) is 24.3 Å². The molecule has 0 aliphatic heterocycles. The van der Waals surface area contributed by atoms with Crippen LogP contribution in [-0.4, -0.2) is 46.9 Å². The van der Waals surface area contributed by atoms with Crippen molar-refractivity contribution in [3.8, 4) is 0 Å². The molecule has 318 valence electrons. The van der Waals surface area contributed by atoms with Gasteiger partial charge in [0.15, 0.2) is 0 Å². The number of rotatable bonds is 8. The third-order valence-corrected chi connectivity index (χ3v) is 10.6. The van der Waals surface area contributed by atoms with Crippen LogP contribution in [0.1, 0.15) is 31.8 Å². The summed E-state index contributed by atoms with van der Waals surface area (Å²) in [7, 11) is -4.17. The number of hydrogen-bond donors (Lipinski definition) is 4. The number of anilines is 2. The first-order valence-corrected chi connectivity index (χ1v) is 21.7. The van der Waals surface area contributed by atoms with Crippen LogP contribution in [0.2, 0.25) is 0 Å². The van der Waals surface area contributed by atoms with Gasteiger partial charge in [-0.2, -0.15) is 16.8 Å². The van der Waals surface area contributed by atoms with Crippen LogP contribution in [0.25, 0.3) is 0 Å². The molecule has 0 unspecified atom stereocenters. The molecule has 5 aromatic carbocycles. The number of aromatic nitrogens is 2. The number of benzene rings is 5. The predicted octanol–water partition coefficient (Wildman–Crippen LogP) is 7.82. The molecule has 0 saturated carbocycles. The van der Waals surface area contributed by atoms with Crippen LogP contribution in [0, 0.1) is 13.8 Å². The molecule has 2 amide bonds. The minimum Gasteiger partial charge on any atom is -0.336 e. The molecule has 0 spiro atoms. The number of nitrogens with one attached hydrogen (secondary N) is 2. The summed E-state index contributed by atoms with van der Waals surface area (Å²) in [6.45, 7) is 3.68. The van der Waals surface area contributed by atoms with Crippen LogP contribution in [0.5, 0.6) is 0 Å². The van der Waals surface area contributed by atoms with Gasteiger partial charge in [0.2, 0.25) is 0 Å². The van der Waals surface area contributed by atoms with Crippen LogP contribution in [0.3, 0.4) is 0 Å². The second kappa shape index (κ2) is 20.8. The summed E-state index contributed by atoms with van der Waals surface area (Å²) in [5.74, 6) is -0.533. The minimum absolute atomic E-state index is 0.0666. The SMILES string of the molecule is Cc1ccc(S(=O)(=O)O)cc1.Cc1ccc(S(=O)(=O)O)cc1.Cn1ccccc1=Nc1ccc(NC(=O)c2ccc(C(=O)Nc3ccc(N=c4ccccn4C)cc3)cc2)cc1. The zero-order valence-corrected chi connectivity index (χ0v) is 35.7. The van der Waals surface area contributed by atoms with Crippen LogP contribution in [0.15, 0.2) is 190 Å². The van der Waals surface area contributed by atoms with E-state index in [2.05, 4.69) is 20.6 Å². The second-order valence-electron chi connectivity index (χ2n) is 13.7. The molecule has 4 N–H and O–H groups in total. The maximum atomic E-state index is 12.7. The lowest BCUT2D eigenvalue weighted by molar-refractivity contribution is 0.101. The fourth-order valence-corrected chi connectivity index (χ4v) is 6.32. The number of hydrogen-bond acceptors (Lipinski definition) is 8. The molecule has 0 fully saturated rings. The lowest BCUT2D eigenvalue weighted by Gasteiger charge is -2.08. The first-order valence-electron chi connectivity index (χ1n) is 18.8. The highest BCUT2D eigenvalue weighted by molar-refractivity contribution is 7.86. The summed E-state index contributed by atoms with van der Waals surface area (Å²) in [5.41, 5.74) is 7.33.